The van der Waals surface area contributed by atoms with Gasteiger partial charge in [-0.25, -0.2) is 9.97 Å². The minimum atomic E-state index is -0.0871. The highest BCUT2D eigenvalue weighted by atomic mass is 15.1. The van der Waals surface area contributed by atoms with E-state index < -0.39 is 0 Å². The molecule has 1 aromatic carbocycles. The summed E-state index contributed by atoms with van der Waals surface area (Å²) in [5.74, 6) is 2.20. The highest BCUT2D eigenvalue weighted by Crippen LogP contribution is 2.24. The van der Waals surface area contributed by atoms with Crippen LogP contribution in [0.25, 0.3) is 11.4 Å². The molecule has 24 heavy (non-hydrogen) atoms. The van der Waals surface area contributed by atoms with Crippen molar-refractivity contribution in [3.8, 4) is 11.4 Å². The van der Waals surface area contributed by atoms with Gasteiger partial charge in [-0.1, -0.05) is 30.3 Å². The van der Waals surface area contributed by atoms with E-state index in [-0.39, 0.29) is 5.54 Å². The van der Waals surface area contributed by atoms with Gasteiger partial charge in [0.15, 0.2) is 5.82 Å². The molecule has 0 saturated carbocycles. The fraction of sp³-hybridized carbons (Fsp3) is 0.211. The second kappa shape index (κ2) is 6.66. The average Bonchev–Trinajstić information content (AvgIpc) is 2.55. The van der Waals surface area contributed by atoms with E-state index in [2.05, 4.69) is 46.4 Å². The van der Waals surface area contributed by atoms with Crippen LogP contribution in [-0.2, 0) is 0 Å². The van der Waals surface area contributed by atoms with E-state index in [9.17, 15) is 0 Å². The van der Waals surface area contributed by atoms with Crippen LogP contribution in [0.3, 0.4) is 0 Å². The summed E-state index contributed by atoms with van der Waals surface area (Å²) < 4.78 is 0. The molecule has 122 valence electrons. The molecule has 0 aliphatic carbocycles. The minimum absolute atomic E-state index is 0.0871. The quantitative estimate of drug-likeness (QED) is 0.741. The van der Waals surface area contributed by atoms with Gasteiger partial charge < -0.3 is 10.6 Å². The SMILES string of the molecule is CC(C)(C)Nc1cc(Nc2ccncc2)nc(-c2ccccc2)n1. The second-order valence-electron chi connectivity index (χ2n) is 6.56. The van der Waals surface area contributed by atoms with Gasteiger partial charge in [-0.3, -0.25) is 4.98 Å². The zero-order valence-electron chi connectivity index (χ0n) is 14.1. The van der Waals surface area contributed by atoms with Gasteiger partial charge in [0.1, 0.15) is 11.6 Å². The molecule has 3 rings (SSSR count). The fourth-order valence-corrected chi connectivity index (χ4v) is 2.26. The number of anilines is 3. The Labute approximate surface area is 142 Å². The van der Waals surface area contributed by atoms with Gasteiger partial charge in [0.2, 0.25) is 0 Å². The number of aromatic nitrogens is 3. The van der Waals surface area contributed by atoms with E-state index >= 15 is 0 Å². The molecule has 0 unspecified atom stereocenters. The van der Waals surface area contributed by atoms with Gasteiger partial charge in [0.25, 0.3) is 0 Å². The van der Waals surface area contributed by atoms with Crippen LogP contribution < -0.4 is 10.6 Å². The first-order valence-corrected chi connectivity index (χ1v) is 7.89. The van der Waals surface area contributed by atoms with E-state index in [1.165, 1.54) is 0 Å². The first-order chi connectivity index (χ1) is 11.5. The van der Waals surface area contributed by atoms with Crippen molar-refractivity contribution >= 4 is 17.3 Å². The molecule has 2 N–H and O–H groups in total. The van der Waals surface area contributed by atoms with Crippen molar-refractivity contribution in [2.45, 2.75) is 26.3 Å². The maximum atomic E-state index is 4.66. The lowest BCUT2D eigenvalue weighted by atomic mass is 10.1. The molecular weight excluding hydrogens is 298 g/mol. The molecular formula is C19H21N5. The van der Waals surface area contributed by atoms with Crippen LogP contribution in [0.4, 0.5) is 17.3 Å². The number of benzene rings is 1. The monoisotopic (exact) mass is 319 g/mol. The molecule has 2 aromatic heterocycles. The van der Waals surface area contributed by atoms with Crippen molar-refractivity contribution in [1.82, 2.24) is 15.0 Å². The summed E-state index contributed by atoms with van der Waals surface area (Å²) in [7, 11) is 0. The van der Waals surface area contributed by atoms with Crippen LogP contribution in [0.2, 0.25) is 0 Å². The van der Waals surface area contributed by atoms with Crippen molar-refractivity contribution in [3.63, 3.8) is 0 Å². The third kappa shape index (κ3) is 4.29. The van der Waals surface area contributed by atoms with Crippen molar-refractivity contribution in [3.05, 3.63) is 60.9 Å². The zero-order chi connectivity index (χ0) is 17.0. The Kier molecular flexibility index (Phi) is 4.42. The van der Waals surface area contributed by atoms with Crippen LogP contribution >= 0.6 is 0 Å². The molecule has 3 aromatic rings. The third-order valence-electron chi connectivity index (χ3n) is 3.21. The summed E-state index contributed by atoms with van der Waals surface area (Å²) in [6, 6.07) is 15.7. The molecule has 0 spiro atoms. The van der Waals surface area contributed by atoms with Crippen LogP contribution in [0.5, 0.6) is 0 Å². The Morgan fingerprint density at radius 2 is 1.50 bits per heavy atom. The summed E-state index contributed by atoms with van der Waals surface area (Å²) in [5, 5.41) is 6.72. The number of hydrogen-bond donors (Lipinski definition) is 2. The average molecular weight is 319 g/mol. The third-order valence-corrected chi connectivity index (χ3v) is 3.21. The van der Waals surface area contributed by atoms with E-state index in [1.54, 1.807) is 12.4 Å². The Balaban J connectivity index is 1.99. The summed E-state index contributed by atoms with van der Waals surface area (Å²) in [6.07, 6.45) is 3.49. The van der Waals surface area contributed by atoms with Gasteiger partial charge in [0.05, 0.1) is 0 Å². The van der Waals surface area contributed by atoms with Crippen LogP contribution in [0, 0.1) is 0 Å². The maximum absolute atomic E-state index is 4.66. The number of hydrogen-bond acceptors (Lipinski definition) is 5. The summed E-state index contributed by atoms with van der Waals surface area (Å²) >= 11 is 0. The molecule has 0 atom stereocenters. The Morgan fingerprint density at radius 3 is 2.17 bits per heavy atom. The first-order valence-electron chi connectivity index (χ1n) is 7.89. The lowest BCUT2D eigenvalue weighted by molar-refractivity contribution is 0.630. The van der Waals surface area contributed by atoms with Gasteiger partial charge in [-0.05, 0) is 32.9 Å². The van der Waals surface area contributed by atoms with Crippen LogP contribution in [0.1, 0.15) is 20.8 Å². The Bertz CT molecular complexity index is 795. The topological polar surface area (TPSA) is 62.7 Å². The molecule has 2 heterocycles. The molecule has 5 heteroatoms. The number of nitrogens with zero attached hydrogens (tertiary/aromatic N) is 3. The normalized spacial score (nSPS) is 11.1. The zero-order valence-corrected chi connectivity index (χ0v) is 14.1. The molecule has 0 bridgehead atoms. The smallest absolute Gasteiger partial charge is 0.163 e. The molecule has 0 amide bonds. The van der Waals surface area contributed by atoms with Crippen molar-refractivity contribution < 1.29 is 0 Å². The first kappa shape index (κ1) is 15.9. The Morgan fingerprint density at radius 1 is 0.833 bits per heavy atom. The fourth-order valence-electron chi connectivity index (χ4n) is 2.26. The highest BCUT2D eigenvalue weighted by Gasteiger charge is 2.13. The Hall–Kier alpha value is -2.95. The summed E-state index contributed by atoms with van der Waals surface area (Å²) in [5.41, 5.74) is 1.83. The van der Waals surface area contributed by atoms with Gasteiger partial charge in [-0.2, -0.15) is 0 Å². The lowest BCUT2D eigenvalue weighted by Gasteiger charge is -2.22. The van der Waals surface area contributed by atoms with Crippen molar-refractivity contribution in [2.24, 2.45) is 0 Å². The molecule has 0 fully saturated rings. The number of rotatable bonds is 4. The molecule has 0 aliphatic rings. The van der Waals surface area contributed by atoms with Crippen molar-refractivity contribution in [1.29, 1.82) is 0 Å². The van der Waals surface area contributed by atoms with Crippen molar-refractivity contribution in [2.75, 3.05) is 10.6 Å². The molecule has 0 saturated heterocycles. The second-order valence-corrected chi connectivity index (χ2v) is 6.56. The highest BCUT2D eigenvalue weighted by molar-refractivity contribution is 5.65. The van der Waals surface area contributed by atoms with Gasteiger partial charge >= 0.3 is 0 Å². The van der Waals surface area contributed by atoms with E-state index in [1.807, 2.05) is 48.5 Å². The van der Waals surface area contributed by atoms with Crippen LogP contribution in [0.15, 0.2) is 60.9 Å². The minimum Gasteiger partial charge on any atom is -0.365 e. The number of nitrogens with one attached hydrogen (secondary N) is 2. The largest absolute Gasteiger partial charge is 0.365 e. The summed E-state index contributed by atoms with van der Waals surface area (Å²) in [4.78, 5) is 13.3. The lowest BCUT2D eigenvalue weighted by Crippen LogP contribution is -2.26. The standard InChI is InChI=1S/C19H21N5/c1-19(2,3)24-17-13-16(21-15-9-11-20-12-10-15)22-18(23-17)14-7-5-4-6-8-14/h4-13H,1-3H3,(H2,20,21,22,23,24). The molecule has 5 nitrogen and oxygen atoms in total. The van der Waals surface area contributed by atoms with Gasteiger partial charge in [-0.15, -0.1) is 0 Å². The predicted octanol–water partition coefficient (Wildman–Crippen LogP) is 4.49. The van der Waals surface area contributed by atoms with E-state index in [0.717, 1.165) is 22.9 Å². The van der Waals surface area contributed by atoms with Crippen LogP contribution in [-0.4, -0.2) is 20.5 Å². The van der Waals surface area contributed by atoms with E-state index in [4.69, 9.17) is 0 Å². The van der Waals surface area contributed by atoms with Gasteiger partial charge in [0, 0.05) is 35.2 Å². The number of pyridine rings is 1. The molecule has 0 aliphatic heterocycles. The van der Waals surface area contributed by atoms with E-state index in [0.29, 0.717) is 5.82 Å². The predicted molar refractivity (Wildman–Crippen MR) is 98.4 cm³/mol. The maximum Gasteiger partial charge on any atom is 0.163 e. The molecule has 0 radical (unpaired) electrons. The summed E-state index contributed by atoms with van der Waals surface area (Å²) in [6.45, 7) is 6.31.